The van der Waals surface area contributed by atoms with E-state index in [0.29, 0.717) is 6.54 Å². The highest BCUT2D eigenvalue weighted by molar-refractivity contribution is 5.77. The van der Waals surface area contributed by atoms with Crippen LogP contribution in [0.25, 0.3) is 0 Å². The fraction of sp³-hybridized carbons (Fsp3) is 0.833. The Morgan fingerprint density at radius 3 is 2.72 bits per heavy atom. The van der Waals surface area contributed by atoms with Crippen molar-refractivity contribution < 1.29 is 19.8 Å². The Morgan fingerprint density at radius 1 is 1.39 bits per heavy atom. The molecule has 2 amide bonds. The number of aliphatic carboxylic acids is 1. The molecule has 0 aliphatic carbocycles. The van der Waals surface area contributed by atoms with Crippen LogP contribution in [0.1, 0.15) is 39.0 Å². The monoisotopic (exact) mass is 258 g/mol. The third-order valence-corrected chi connectivity index (χ3v) is 3.34. The highest BCUT2D eigenvalue weighted by Gasteiger charge is 2.24. The Bertz CT molecular complexity index is 296. The van der Waals surface area contributed by atoms with Crippen LogP contribution in [0.5, 0.6) is 0 Å². The van der Waals surface area contributed by atoms with E-state index >= 15 is 0 Å². The second-order valence-corrected chi connectivity index (χ2v) is 4.64. The normalized spacial score (nSPS) is 22.1. The van der Waals surface area contributed by atoms with Crippen molar-refractivity contribution in [2.75, 3.05) is 13.1 Å². The van der Waals surface area contributed by atoms with Crippen molar-refractivity contribution in [2.24, 2.45) is 0 Å². The van der Waals surface area contributed by atoms with E-state index in [2.05, 4.69) is 5.32 Å². The van der Waals surface area contributed by atoms with Crippen molar-refractivity contribution in [1.29, 1.82) is 0 Å². The average Bonchev–Trinajstić information content (AvgIpc) is 2.60. The summed E-state index contributed by atoms with van der Waals surface area (Å²) in [6.07, 6.45) is 3.57. The van der Waals surface area contributed by atoms with Crippen molar-refractivity contribution in [2.45, 2.75) is 51.2 Å². The van der Waals surface area contributed by atoms with Crippen molar-refractivity contribution in [3.05, 3.63) is 0 Å². The van der Waals surface area contributed by atoms with Crippen LogP contribution in [0.2, 0.25) is 0 Å². The Hall–Kier alpha value is -1.30. The van der Waals surface area contributed by atoms with Crippen molar-refractivity contribution >= 4 is 12.0 Å². The molecule has 6 heteroatoms. The molecule has 0 aromatic rings. The zero-order valence-corrected chi connectivity index (χ0v) is 10.8. The van der Waals surface area contributed by atoms with Gasteiger partial charge in [-0.05, 0) is 19.3 Å². The third kappa shape index (κ3) is 4.18. The molecule has 1 saturated heterocycles. The van der Waals surface area contributed by atoms with Crippen LogP contribution in [-0.2, 0) is 4.79 Å². The molecule has 0 aromatic carbocycles. The predicted molar refractivity (Wildman–Crippen MR) is 66.3 cm³/mol. The molecule has 18 heavy (non-hydrogen) atoms. The van der Waals surface area contributed by atoms with Crippen molar-refractivity contribution in [3.63, 3.8) is 0 Å². The highest BCUT2D eigenvalue weighted by atomic mass is 16.4. The Labute approximate surface area is 107 Å². The van der Waals surface area contributed by atoms with Crippen LogP contribution >= 0.6 is 0 Å². The summed E-state index contributed by atoms with van der Waals surface area (Å²) in [7, 11) is 0. The minimum atomic E-state index is -1.54. The van der Waals surface area contributed by atoms with E-state index in [-0.39, 0.29) is 18.6 Å². The Balaban J connectivity index is 2.49. The first-order valence-corrected chi connectivity index (χ1v) is 6.51. The second kappa shape index (κ2) is 7.20. The molecule has 1 heterocycles. The van der Waals surface area contributed by atoms with Gasteiger partial charge in [-0.25, -0.2) is 9.59 Å². The molecule has 3 N–H and O–H groups in total. The number of nitrogens with one attached hydrogen (secondary N) is 1. The summed E-state index contributed by atoms with van der Waals surface area (Å²) in [5.74, 6) is -1.32. The molecule has 0 aromatic heterocycles. The molecule has 1 aliphatic heterocycles. The molecule has 0 bridgehead atoms. The maximum absolute atomic E-state index is 12.0. The van der Waals surface area contributed by atoms with Gasteiger partial charge in [-0.2, -0.15) is 0 Å². The molecule has 1 aliphatic rings. The molecule has 1 unspecified atom stereocenters. The van der Waals surface area contributed by atoms with Crippen LogP contribution < -0.4 is 5.32 Å². The number of hydrogen-bond donors (Lipinski definition) is 3. The fourth-order valence-corrected chi connectivity index (χ4v) is 2.24. The van der Waals surface area contributed by atoms with Crippen molar-refractivity contribution in [1.82, 2.24) is 10.2 Å². The summed E-state index contributed by atoms with van der Waals surface area (Å²) < 4.78 is 0. The minimum absolute atomic E-state index is 0.217. The van der Waals surface area contributed by atoms with Crippen LogP contribution in [-0.4, -0.2) is 52.3 Å². The van der Waals surface area contributed by atoms with Gasteiger partial charge in [-0.1, -0.05) is 19.8 Å². The highest BCUT2D eigenvalue weighted by Crippen LogP contribution is 2.18. The first-order valence-electron chi connectivity index (χ1n) is 6.51. The lowest BCUT2D eigenvalue weighted by molar-refractivity contribution is -0.146. The number of amides is 2. The first kappa shape index (κ1) is 14.8. The number of carbonyl (C=O) groups is 2. The van der Waals surface area contributed by atoms with E-state index in [9.17, 15) is 9.59 Å². The number of aliphatic hydroxyl groups is 1. The number of urea groups is 1. The summed E-state index contributed by atoms with van der Waals surface area (Å²) in [5.41, 5.74) is 0. The maximum Gasteiger partial charge on any atom is 0.334 e. The fourth-order valence-electron chi connectivity index (χ4n) is 2.24. The van der Waals surface area contributed by atoms with Crippen molar-refractivity contribution in [3.8, 4) is 0 Å². The second-order valence-electron chi connectivity index (χ2n) is 4.64. The lowest BCUT2D eigenvalue weighted by atomic mass is 10.1. The topological polar surface area (TPSA) is 89.9 Å². The number of carboxylic acids is 1. The van der Waals surface area contributed by atoms with Gasteiger partial charge in [0.25, 0.3) is 0 Å². The standard InChI is InChI=1S/C12H22N2O4/c1-2-9-6-4-3-5-7-14(9)12(18)13-8-10(15)11(16)17/h9-10,15H,2-8H2,1H3,(H,13,18)(H,16,17)/t9?,10-/m0/s1. The van der Waals surface area contributed by atoms with Crippen LogP contribution in [0.15, 0.2) is 0 Å². The van der Waals surface area contributed by atoms with E-state index < -0.39 is 12.1 Å². The van der Waals surface area contributed by atoms with Gasteiger partial charge in [0, 0.05) is 12.6 Å². The summed E-state index contributed by atoms with van der Waals surface area (Å²) in [5, 5.41) is 20.1. The summed E-state index contributed by atoms with van der Waals surface area (Å²) >= 11 is 0. The smallest absolute Gasteiger partial charge is 0.334 e. The zero-order chi connectivity index (χ0) is 13.5. The van der Waals surface area contributed by atoms with Gasteiger partial charge in [-0.3, -0.25) is 0 Å². The molecule has 0 spiro atoms. The third-order valence-electron chi connectivity index (χ3n) is 3.34. The lowest BCUT2D eigenvalue weighted by Crippen LogP contribution is -2.48. The van der Waals surface area contributed by atoms with Crippen LogP contribution in [0.3, 0.4) is 0 Å². The van der Waals surface area contributed by atoms with E-state index in [4.69, 9.17) is 10.2 Å². The summed E-state index contributed by atoms with van der Waals surface area (Å²) in [4.78, 5) is 24.2. The average molecular weight is 258 g/mol. The van der Waals surface area contributed by atoms with Gasteiger partial charge < -0.3 is 20.4 Å². The molecule has 6 nitrogen and oxygen atoms in total. The number of rotatable bonds is 4. The largest absolute Gasteiger partial charge is 0.479 e. The van der Waals surface area contributed by atoms with Crippen LogP contribution in [0, 0.1) is 0 Å². The van der Waals surface area contributed by atoms with Gasteiger partial charge in [0.1, 0.15) is 0 Å². The number of carbonyl (C=O) groups excluding carboxylic acids is 1. The molecule has 0 radical (unpaired) electrons. The van der Waals surface area contributed by atoms with Gasteiger partial charge >= 0.3 is 12.0 Å². The first-order chi connectivity index (χ1) is 8.56. The zero-order valence-electron chi connectivity index (χ0n) is 10.8. The summed E-state index contributed by atoms with van der Waals surface area (Å²) in [6.45, 7) is 2.50. The number of carboxylic acid groups (broad SMARTS) is 1. The molecule has 1 fully saturated rings. The molecule has 0 saturated carbocycles. The van der Waals surface area contributed by atoms with Gasteiger partial charge in [-0.15, -0.1) is 0 Å². The van der Waals surface area contributed by atoms with E-state index in [1.807, 2.05) is 6.92 Å². The van der Waals surface area contributed by atoms with Gasteiger partial charge in [0.2, 0.25) is 0 Å². The van der Waals surface area contributed by atoms with Gasteiger partial charge in [0.05, 0.1) is 6.54 Å². The van der Waals surface area contributed by atoms with Crippen LogP contribution in [0.4, 0.5) is 4.79 Å². The molecular formula is C12H22N2O4. The number of hydrogen-bond acceptors (Lipinski definition) is 3. The Kier molecular flexibility index (Phi) is 5.91. The quantitative estimate of drug-likeness (QED) is 0.695. The molecule has 2 atom stereocenters. The van der Waals surface area contributed by atoms with E-state index in [1.54, 1.807) is 4.90 Å². The van der Waals surface area contributed by atoms with Gasteiger partial charge in [0.15, 0.2) is 6.10 Å². The van der Waals surface area contributed by atoms with E-state index in [1.165, 1.54) is 0 Å². The molecular weight excluding hydrogens is 236 g/mol. The number of likely N-dealkylation sites (tertiary alicyclic amines) is 1. The molecule has 1 rings (SSSR count). The maximum atomic E-state index is 12.0. The number of aliphatic hydroxyl groups excluding tert-OH is 1. The Morgan fingerprint density at radius 2 is 2.11 bits per heavy atom. The molecule has 104 valence electrons. The van der Waals surface area contributed by atoms with E-state index in [0.717, 1.165) is 32.1 Å². The SMILES string of the molecule is CCC1CCCCCN1C(=O)NC[C@H](O)C(=O)O. The lowest BCUT2D eigenvalue weighted by Gasteiger charge is -2.29. The minimum Gasteiger partial charge on any atom is -0.479 e. The predicted octanol–water partition coefficient (Wildman–Crippen LogP) is 0.796. The summed E-state index contributed by atoms with van der Waals surface area (Å²) in [6, 6.07) is -0.0569. The number of nitrogens with zero attached hydrogens (tertiary/aromatic N) is 1.